The number of aliphatic carboxylic acids is 1. The number of hydrogen-bond acceptors (Lipinski definition) is 2. The number of carboxylic acids is 1. The lowest BCUT2D eigenvalue weighted by molar-refractivity contribution is -0.144. The van der Waals surface area contributed by atoms with Gasteiger partial charge in [-0.3, -0.25) is 9.59 Å². The highest BCUT2D eigenvalue weighted by Crippen LogP contribution is 2.23. The maximum Gasteiger partial charge on any atom is 0.323 e. The number of rotatable bonds is 6. The second-order valence-corrected chi connectivity index (χ2v) is 4.95. The van der Waals surface area contributed by atoms with Gasteiger partial charge in [0.15, 0.2) is 0 Å². The Labute approximate surface area is 121 Å². The van der Waals surface area contributed by atoms with Crippen LogP contribution in [-0.2, 0) is 16.0 Å². The van der Waals surface area contributed by atoms with Crippen molar-refractivity contribution in [3.05, 3.63) is 33.8 Å². The molecule has 0 saturated heterocycles. The lowest BCUT2D eigenvalue weighted by atomic mass is 10.1. The lowest BCUT2D eigenvalue weighted by Gasteiger charge is -2.20. The van der Waals surface area contributed by atoms with Gasteiger partial charge in [-0.25, -0.2) is 0 Å². The van der Waals surface area contributed by atoms with E-state index in [1.807, 2.05) is 6.92 Å². The molecule has 0 saturated carbocycles. The van der Waals surface area contributed by atoms with Crippen molar-refractivity contribution < 1.29 is 14.7 Å². The summed E-state index contributed by atoms with van der Waals surface area (Å²) in [6, 6.07) is 4.94. The number of nitrogens with zero attached hydrogens (tertiary/aromatic N) is 1. The second kappa shape index (κ2) is 7.36. The monoisotopic (exact) mass is 303 g/mol. The van der Waals surface area contributed by atoms with Crippen molar-refractivity contribution in [1.82, 2.24) is 4.90 Å². The Bertz CT molecular complexity index is 477. The van der Waals surface area contributed by atoms with Crippen LogP contribution in [0.25, 0.3) is 0 Å². The van der Waals surface area contributed by atoms with E-state index in [4.69, 9.17) is 28.3 Å². The molecule has 0 radical (unpaired) electrons. The van der Waals surface area contributed by atoms with Gasteiger partial charge in [0, 0.05) is 6.54 Å². The van der Waals surface area contributed by atoms with Crippen LogP contribution < -0.4 is 0 Å². The molecule has 0 aliphatic rings. The summed E-state index contributed by atoms with van der Waals surface area (Å²) in [5, 5.41) is 9.58. The van der Waals surface area contributed by atoms with Gasteiger partial charge in [-0.1, -0.05) is 36.2 Å². The average molecular weight is 304 g/mol. The van der Waals surface area contributed by atoms with Crippen LogP contribution in [0.15, 0.2) is 18.2 Å². The lowest BCUT2D eigenvalue weighted by Crippen LogP contribution is -2.37. The molecular formula is C13H15Cl2NO3. The predicted octanol–water partition coefficient (Wildman–Crippen LogP) is 2.86. The van der Waals surface area contributed by atoms with E-state index < -0.39 is 5.97 Å². The molecule has 0 aromatic heterocycles. The number of amides is 1. The first-order chi connectivity index (χ1) is 8.93. The van der Waals surface area contributed by atoms with Gasteiger partial charge in [-0.05, 0) is 24.1 Å². The van der Waals surface area contributed by atoms with E-state index >= 15 is 0 Å². The first-order valence-corrected chi connectivity index (χ1v) is 6.63. The number of carbonyl (C=O) groups is 2. The van der Waals surface area contributed by atoms with Crippen LogP contribution >= 0.6 is 23.2 Å². The molecule has 0 aliphatic heterocycles. The summed E-state index contributed by atoms with van der Waals surface area (Å²) in [6.07, 6.45) is 0.824. The van der Waals surface area contributed by atoms with Gasteiger partial charge in [0.2, 0.25) is 5.91 Å². The average Bonchev–Trinajstić information content (AvgIpc) is 2.33. The molecule has 0 spiro atoms. The molecule has 0 aliphatic carbocycles. The Morgan fingerprint density at radius 1 is 1.26 bits per heavy atom. The molecule has 6 heteroatoms. The summed E-state index contributed by atoms with van der Waals surface area (Å²) >= 11 is 11.7. The van der Waals surface area contributed by atoms with E-state index in [1.54, 1.807) is 18.2 Å². The van der Waals surface area contributed by atoms with Gasteiger partial charge >= 0.3 is 5.97 Å². The first-order valence-electron chi connectivity index (χ1n) is 5.87. The van der Waals surface area contributed by atoms with Crippen LogP contribution in [0.2, 0.25) is 10.0 Å². The molecule has 19 heavy (non-hydrogen) atoms. The minimum Gasteiger partial charge on any atom is -0.480 e. The zero-order valence-corrected chi connectivity index (χ0v) is 12.0. The predicted molar refractivity (Wildman–Crippen MR) is 74.7 cm³/mol. The zero-order valence-electron chi connectivity index (χ0n) is 10.5. The molecular weight excluding hydrogens is 289 g/mol. The van der Waals surface area contributed by atoms with E-state index in [0.29, 0.717) is 28.6 Å². The second-order valence-electron chi connectivity index (χ2n) is 4.13. The standard InChI is InChI=1S/C13H15Cl2NO3/c1-2-5-16(8-13(18)19)12(17)7-9-3-4-10(14)11(15)6-9/h3-4,6H,2,5,7-8H2,1H3,(H,18,19). The quantitative estimate of drug-likeness (QED) is 0.879. The van der Waals surface area contributed by atoms with E-state index in [0.717, 1.165) is 0 Å². The molecule has 0 heterocycles. The van der Waals surface area contributed by atoms with Crippen molar-refractivity contribution in [2.75, 3.05) is 13.1 Å². The summed E-state index contributed by atoms with van der Waals surface area (Å²) < 4.78 is 0. The number of benzene rings is 1. The van der Waals surface area contributed by atoms with E-state index in [-0.39, 0.29) is 18.9 Å². The molecule has 1 rings (SSSR count). The topological polar surface area (TPSA) is 57.6 Å². The number of halogens is 2. The minimum absolute atomic E-state index is 0.115. The van der Waals surface area contributed by atoms with Gasteiger partial charge < -0.3 is 10.0 Å². The summed E-state index contributed by atoms with van der Waals surface area (Å²) in [7, 11) is 0. The fraction of sp³-hybridized carbons (Fsp3) is 0.385. The highest BCUT2D eigenvalue weighted by Gasteiger charge is 2.16. The van der Waals surface area contributed by atoms with Crippen molar-refractivity contribution in [1.29, 1.82) is 0 Å². The largest absolute Gasteiger partial charge is 0.480 e. The Morgan fingerprint density at radius 2 is 1.95 bits per heavy atom. The SMILES string of the molecule is CCCN(CC(=O)O)C(=O)Cc1ccc(Cl)c(Cl)c1. The summed E-state index contributed by atoms with van der Waals surface area (Å²) in [6.45, 7) is 2.03. The van der Waals surface area contributed by atoms with Crippen molar-refractivity contribution in [3.8, 4) is 0 Å². The number of carbonyl (C=O) groups excluding carboxylic acids is 1. The third kappa shape index (κ3) is 5.09. The molecule has 1 aromatic carbocycles. The van der Waals surface area contributed by atoms with Crippen LogP contribution in [0.4, 0.5) is 0 Å². The van der Waals surface area contributed by atoms with Crippen LogP contribution in [-0.4, -0.2) is 35.0 Å². The van der Waals surface area contributed by atoms with Crippen LogP contribution in [0, 0.1) is 0 Å². The molecule has 1 amide bonds. The first kappa shape index (κ1) is 15.8. The van der Waals surface area contributed by atoms with E-state index in [1.165, 1.54) is 4.90 Å². The Kier molecular flexibility index (Phi) is 6.12. The molecule has 0 bridgehead atoms. The Balaban J connectivity index is 2.74. The fourth-order valence-electron chi connectivity index (χ4n) is 1.66. The zero-order chi connectivity index (χ0) is 14.4. The van der Waals surface area contributed by atoms with Crippen molar-refractivity contribution in [3.63, 3.8) is 0 Å². The Hall–Kier alpha value is -1.26. The Morgan fingerprint density at radius 3 is 2.47 bits per heavy atom. The van der Waals surface area contributed by atoms with Crippen LogP contribution in [0.5, 0.6) is 0 Å². The third-order valence-electron chi connectivity index (χ3n) is 2.51. The van der Waals surface area contributed by atoms with Gasteiger partial charge in [0.1, 0.15) is 6.54 Å². The van der Waals surface area contributed by atoms with E-state index in [2.05, 4.69) is 0 Å². The van der Waals surface area contributed by atoms with Gasteiger partial charge in [0.25, 0.3) is 0 Å². The van der Waals surface area contributed by atoms with Gasteiger partial charge in [-0.15, -0.1) is 0 Å². The fourth-order valence-corrected chi connectivity index (χ4v) is 1.98. The van der Waals surface area contributed by atoms with Crippen LogP contribution in [0.1, 0.15) is 18.9 Å². The molecule has 0 fully saturated rings. The number of hydrogen-bond donors (Lipinski definition) is 1. The van der Waals surface area contributed by atoms with Gasteiger partial charge in [-0.2, -0.15) is 0 Å². The number of carboxylic acid groups (broad SMARTS) is 1. The summed E-state index contributed by atoms with van der Waals surface area (Å²) in [4.78, 5) is 24.1. The van der Waals surface area contributed by atoms with Crippen LogP contribution in [0.3, 0.4) is 0 Å². The highest BCUT2D eigenvalue weighted by atomic mass is 35.5. The molecule has 0 unspecified atom stereocenters. The maximum atomic E-state index is 12.0. The van der Waals surface area contributed by atoms with E-state index in [9.17, 15) is 9.59 Å². The molecule has 0 atom stereocenters. The molecule has 104 valence electrons. The minimum atomic E-state index is -1.02. The van der Waals surface area contributed by atoms with Crippen molar-refractivity contribution >= 4 is 35.1 Å². The molecule has 4 nitrogen and oxygen atoms in total. The maximum absolute atomic E-state index is 12.0. The summed E-state index contributed by atoms with van der Waals surface area (Å²) in [5.74, 6) is -1.25. The normalized spacial score (nSPS) is 10.3. The van der Waals surface area contributed by atoms with Crippen molar-refractivity contribution in [2.45, 2.75) is 19.8 Å². The molecule has 1 N–H and O–H groups in total. The smallest absolute Gasteiger partial charge is 0.323 e. The molecule has 1 aromatic rings. The highest BCUT2D eigenvalue weighted by molar-refractivity contribution is 6.42. The van der Waals surface area contributed by atoms with Crippen molar-refractivity contribution in [2.24, 2.45) is 0 Å². The third-order valence-corrected chi connectivity index (χ3v) is 3.25. The van der Waals surface area contributed by atoms with Gasteiger partial charge in [0.05, 0.1) is 16.5 Å². The summed E-state index contributed by atoms with van der Waals surface area (Å²) in [5.41, 5.74) is 0.714.